The van der Waals surface area contributed by atoms with Crippen molar-refractivity contribution >= 4 is 41.1 Å². The number of nitrogens with zero attached hydrogens (tertiary/aromatic N) is 1. The van der Waals surface area contributed by atoms with Crippen LogP contribution in [0.15, 0.2) is 69.7 Å². The Morgan fingerprint density at radius 2 is 1.81 bits per heavy atom. The smallest absolute Gasteiger partial charge is 0.363 e. The Hall–Kier alpha value is -2.89. The molecule has 7 heteroatoms. The van der Waals surface area contributed by atoms with Crippen LogP contribution in [0.3, 0.4) is 0 Å². The summed E-state index contributed by atoms with van der Waals surface area (Å²) in [7, 11) is 0. The van der Waals surface area contributed by atoms with Crippen LogP contribution in [0.25, 0.3) is 17.4 Å². The van der Waals surface area contributed by atoms with Gasteiger partial charge in [-0.25, -0.2) is 14.2 Å². The first-order valence-corrected chi connectivity index (χ1v) is 8.59. The average Bonchev–Trinajstić information content (AvgIpc) is 3.25. The fourth-order valence-electron chi connectivity index (χ4n) is 2.53. The van der Waals surface area contributed by atoms with E-state index in [4.69, 9.17) is 32.4 Å². The number of carbonyl (C=O) groups excluding carboxylic acids is 1. The third-order valence-electron chi connectivity index (χ3n) is 3.83. The van der Waals surface area contributed by atoms with Gasteiger partial charge in [0.15, 0.2) is 5.70 Å². The van der Waals surface area contributed by atoms with Gasteiger partial charge in [0.25, 0.3) is 0 Å². The molecule has 2 aromatic carbocycles. The zero-order valence-corrected chi connectivity index (χ0v) is 15.1. The number of hydrogen-bond donors (Lipinski definition) is 0. The number of furan rings is 1. The molecule has 1 aliphatic heterocycles. The zero-order chi connectivity index (χ0) is 19.0. The summed E-state index contributed by atoms with van der Waals surface area (Å²) in [5, 5.41) is 0.849. The van der Waals surface area contributed by atoms with Gasteiger partial charge in [-0.15, -0.1) is 0 Å². The van der Waals surface area contributed by atoms with E-state index in [0.717, 1.165) is 5.56 Å². The number of carbonyl (C=O) groups is 1. The van der Waals surface area contributed by atoms with Crippen molar-refractivity contribution in [2.75, 3.05) is 0 Å². The van der Waals surface area contributed by atoms with Gasteiger partial charge in [0.1, 0.15) is 17.3 Å². The lowest BCUT2D eigenvalue weighted by atomic mass is 10.2. The summed E-state index contributed by atoms with van der Waals surface area (Å²) in [4.78, 5) is 16.1. The van der Waals surface area contributed by atoms with E-state index < -0.39 is 11.8 Å². The van der Waals surface area contributed by atoms with Gasteiger partial charge in [0.2, 0.25) is 5.90 Å². The third kappa shape index (κ3) is 3.52. The highest BCUT2D eigenvalue weighted by Crippen LogP contribution is 2.30. The van der Waals surface area contributed by atoms with E-state index in [1.54, 1.807) is 42.5 Å². The molecule has 27 heavy (non-hydrogen) atoms. The molecule has 134 valence electrons. The van der Waals surface area contributed by atoms with Crippen LogP contribution in [-0.2, 0) is 9.53 Å². The summed E-state index contributed by atoms with van der Waals surface area (Å²) in [6.45, 7) is 0. The first kappa shape index (κ1) is 17.5. The molecular weight excluding hydrogens is 392 g/mol. The Morgan fingerprint density at radius 1 is 1.00 bits per heavy atom. The molecule has 0 spiro atoms. The summed E-state index contributed by atoms with van der Waals surface area (Å²) in [6, 6.07) is 14.4. The highest BCUT2D eigenvalue weighted by Gasteiger charge is 2.26. The molecule has 3 aromatic rings. The molecule has 1 aromatic heterocycles. The van der Waals surface area contributed by atoms with Crippen LogP contribution in [0.5, 0.6) is 0 Å². The van der Waals surface area contributed by atoms with Crippen molar-refractivity contribution in [1.29, 1.82) is 0 Å². The minimum atomic E-state index is -0.680. The molecule has 0 amide bonds. The first-order valence-electron chi connectivity index (χ1n) is 7.84. The zero-order valence-electron chi connectivity index (χ0n) is 13.6. The van der Waals surface area contributed by atoms with Crippen molar-refractivity contribution in [2.45, 2.75) is 0 Å². The second-order valence-corrected chi connectivity index (χ2v) is 6.46. The van der Waals surface area contributed by atoms with Crippen LogP contribution < -0.4 is 0 Å². The Morgan fingerprint density at radius 3 is 2.59 bits per heavy atom. The lowest BCUT2D eigenvalue weighted by Crippen LogP contribution is -2.07. The maximum absolute atomic E-state index is 13.8. The standard InChI is InChI=1S/C20H10Cl2FNO3/c21-14-7-5-11(9-15(14)22)18-8-6-12(26-18)10-17-20(25)27-19(24-17)13-3-1-2-4-16(13)23/h1-10H/b17-10-. The first-order chi connectivity index (χ1) is 13.0. The van der Waals surface area contributed by atoms with E-state index >= 15 is 0 Å². The Balaban J connectivity index is 1.64. The topological polar surface area (TPSA) is 51.8 Å². The highest BCUT2D eigenvalue weighted by molar-refractivity contribution is 6.42. The summed E-state index contributed by atoms with van der Waals surface area (Å²) >= 11 is 11.9. The Labute approximate surface area is 163 Å². The molecule has 2 heterocycles. The quantitative estimate of drug-likeness (QED) is 0.415. The van der Waals surface area contributed by atoms with Crippen molar-refractivity contribution in [3.8, 4) is 11.3 Å². The number of hydrogen-bond acceptors (Lipinski definition) is 4. The molecule has 0 saturated heterocycles. The van der Waals surface area contributed by atoms with Gasteiger partial charge in [-0.1, -0.05) is 35.3 Å². The molecule has 0 saturated carbocycles. The number of benzene rings is 2. The predicted octanol–water partition coefficient (Wildman–Crippen LogP) is 5.74. The normalized spacial score (nSPS) is 15.1. The van der Waals surface area contributed by atoms with Crippen LogP contribution >= 0.6 is 23.2 Å². The molecule has 0 unspecified atom stereocenters. The minimum Gasteiger partial charge on any atom is -0.457 e. The predicted molar refractivity (Wildman–Crippen MR) is 101 cm³/mol. The van der Waals surface area contributed by atoms with E-state index in [-0.39, 0.29) is 17.2 Å². The van der Waals surface area contributed by atoms with Crippen LogP contribution in [0.4, 0.5) is 4.39 Å². The molecule has 0 radical (unpaired) electrons. The molecular formula is C20H10Cl2FNO3. The third-order valence-corrected chi connectivity index (χ3v) is 4.57. The van der Waals surface area contributed by atoms with Gasteiger partial charge < -0.3 is 9.15 Å². The van der Waals surface area contributed by atoms with Gasteiger partial charge in [0.05, 0.1) is 15.6 Å². The van der Waals surface area contributed by atoms with E-state index in [0.29, 0.717) is 21.6 Å². The molecule has 0 fully saturated rings. The fourth-order valence-corrected chi connectivity index (χ4v) is 2.83. The molecule has 0 bridgehead atoms. The molecule has 1 aliphatic rings. The lowest BCUT2D eigenvalue weighted by molar-refractivity contribution is -0.129. The lowest BCUT2D eigenvalue weighted by Gasteiger charge is -1.99. The maximum atomic E-state index is 13.8. The number of ether oxygens (including phenoxy) is 1. The van der Waals surface area contributed by atoms with Crippen molar-refractivity contribution in [3.05, 3.63) is 87.5 Å². The number of esters is 1. The summed E-state index contributed by atoms with van der Waals surface area (Å²) in [6.07, 6.45) is 1.43. The Bertz CT molecular complexity index is 1120. The van der Waals surface area contributed by atoms with E-state index in [1.807, 2.05) is 0 Å². The molecule has 0 atom stereocenters. The number of halogens is 3. The van der Waals surface area contributed by atoms with Crippen molar-refractivity contribution in [2.24, 2.45) is 4.99 Å². The maximum Gasteiger partial charge on any atom is 0.363 e. The number of aliphatic imine (C=N–C) groups is 1. The summed E-state index contributed by atoms with van der Waals surface area (Å²) < 4.78 is 24.6. The van der Waals surface area contributed by atoms with Gasteiger partial charge in [-0.3, -0.25) is 0 Å². The van der Waals surface area contributed by atoms with Crippen LogP contribution in [-0.4, -0.2) is 11.9 Å². The average molecular weight is 402 g/mol. The second kappa shape index (κ2) is 7.02. The van der Waals surface area contributed by atoms with Gasteiger partial charge in [-0.05, 0) is 42.5 Å². The van der Waals surface area contributed by atoms with Crippen molar-refractivity contribution in [3.63, 3.8) is 0 Å². The highest BCUT2D eigenvalue weighted by atomic mass is 35.5. The summed E-state index contributed by atoms with van der Waals surface area (Å²) in [5.74, 6) is -0.349. The van der Waals surface area contributed by atoms with Crippen molar-refractivity contribution < 1.29 is 18.3 Å². The SMILES string of the molecule is O=C1OC(c2ccccc2F)=N/C1=C\c1ccc(-c2ccc(Cl)c(Cl)c2)o1. The molecule has 4 rings (SSSR count). The molecule has 0 aliphatic carbocycles. The molecule has 0 N–H and O–H groups in total. The Kier molecular flexibility index (Phi) is 4.56. The molecule has 4 nitrogen and oxygen atoms in total. The largest absolute Gasteiger partial charge is 0.457 e. The second-order valence-electron chi connectivity index (χ2n) is 5.65. The number of cyclic esters (lactones) is 1. The fraction of sp³-hybridized carbons (Fsp3) is 0. The van der Waals surface area contributed by atoms with E-state index in [2.05, 4.69) is 4.99 Å². The number of rotatable bonds is 3. The van der Waals surface area contributed by atoms with Crippen LogP contribution in [0.2, 0.25) is 10.0 Å². The van der Waals surface area contributed by atoms with E-state index in [9.17, 15) is 9.18 Å². The summed E-state index contributed by atoms with van der Waals surface area (Å²) in [5.41, 5.74) is 0.868. The van der Waals surface area contributed by atoms with Crippen LogP contribution in [0.1, 0.15) is 11.3 Å². The van der Waals surface area contributed by atoms with E-state index in [1.165, 1.54) is 18.2 Å². The van der Waals surface area contributed by atoms with Crippen molar-refractivity contribution in [1.82, 2.24) is 0 Å². The van der Waals surface area contributed by atoms with Gasteiger partial charge >= 0.3 is 5.97 Å². The monoisotopic (exact) mass is 401 g/mol. The van der Waals surface area contributed by atoms with Gasteiger partial charge in [0, 0.05) is 11.6 Å². The van der Waals surface area contributed by atoms with Crippen LogP contribution in [0, 0.1) is 5.82 Å². The minimum absolute atomic E-state index is 0.0169. The van der Waals surface area contributed by atoms with Gasteiger partial charge in [-0.2, -0.15) is 0 Å².